The minimum atomic E-state index is -4.67. The lowest BCUT2D eigenvalue weighted by Gasteiger charge is -2.22. The molecule has 180 valence electrons. The van der Waals surface area contributed by atoms with E-state index in [9.17, 15) is 32.3 Å². The number of carboxylic acid groups (broad SMARTS) is 1. The first kappa shape index (κ1) is 25.2. The SMILES string of the molecule is CCC(C)(CCC(=O)c1ccc2ccccc2c1OCc1ccc(C(F)(F)F)cc1F)C(=O)O. The minimum Gasteiger partial charge on any atom is -0.487 e. The molecule has 0 aliphatic carbocycles. The number of carbonyl (C=O) groups excluding carboxylic acids is 1. The number of benzene rings is 3. The molecule has 3 rings (SSSR count). The molecule has 1 unspecified atom stereocenters. The maximum absolute atomic E-state index is 14.3. The van der Waals surface area contributed by atoms with Gasteiger partial charge in [-0.25, -0.2) is 4.39 Å². The zero-order valence-electron chi connectivity index (χ0n) is 18.7. The van der Waals surface area contributed by atoms with E-state index < -0.39 is 28.9 Å². The van der Waals surface area contributed by atoms with Gasteiger partial charge in [0.1, 0.15) is 18.2 Å². The number of fused-ring (bicyclic) bond motifs is 1. The van der Waals surface area contributed by atoms with E-state index in [2.05, 4.69) is 0 Å². The molecule has 3 aromatic rings. The first-order valence-corrected chi connectivity index (χ1v) is 10.7. The summed E-state index contributed by atoms with van der Waals surface area (Å²) < 4.78 is 58.6. The van der Waals surface area contributed by atoms with E-state index in [1.54, 1.807) is 50.2 Å². The quantitative estimate of drug-likeness (QED) is 0.266. The molecule has 0 saturated heterocycles. The molecule has 0 radical (unpaired) electrons. The van der Waals surface area contributed by atoms with Gasteiger partial charge in [-0.15, -0.1) is 0 Å². The van der Waals surface area contributed by atoms with Gasteiger partial charge in [0, 0.05) is 17.4 Å². The Morgan fingerprint density at radius 2 is 1.74 bits per heavy atom. The lowest BCUT2D eigenvalue weighted by Crippen LogP contribution is -2.27. The highest BCUT2D eigenvalue weighted by Crippen LogP contribution is 2.35. The van der Waals surface area contributed by atoms with Gasteiger partial charge in [0.05, 0.1) is 16.5 Å². The van der Waals surface area contributed by atoms with Crippen LogP contribution in [0.5, 0.6) is 5.75 Å². The molecule has 3 aromatic carbocycles. The van der Waals surface area contributed by atoms with E-state index in [0.717, 1.165) is 17.5 Å². The average Bonchev–Trinajstić information content (AvgIpc) is 2.80. The largest absolute Gasteiger partial charge is 0.487 e. The highest BCUT2D eigenvalue weighted by molar-refractivity contribution is 6.05. The number of carbonyl (C=O) groups is 2. The lowest BCUT2D eigenvalue weighted by molar-refractivity contribution is -0.148. The van der Waals surface area contributed by atoms with Crippen molar-refractivity contribution >= 4 is 22.5 Å². The second-order valence-electron chi connectivity index (χ2n) is 8.40. The van der Waals surface area contributed by atoms with Crippen LogP contribution in [0.4, 0.5) is 17.6 Å². The fourth-order valence-corrected chi connectivity index (χ4v) is 3.57. The van der Waals surface area contributed by atoms with Crippen LogP contribution in [-0.4, -0.2) is 16.9 Å². The second-order valence-corrected chi connectivity index (χ2v) is 8.40. The van der Waals surface area contributed by atoms with Gasteiger partial charge < -0.3 is 9.84 Å². The Labute approximate surface area is 194 Å². The van der Waals surface area contributed by atoms with E-state index >= 15 is 0 Å². The average molecular weight is 476 g/mol. The van der Waals surface area contributed by atoms with E-state index in [0.29, 0.717) is 17.9 Å². The monoisotopic (exact) mass is 476 g/mol. The molecule has 0 saturated carbocycles. The molecule has 0 bridgehead atoms. The van der Waals surface area contributed by atoms with Crippen LogP contribution in [0.2, 0.25) is 0 Å². The number of ketones is 1. The Balaban J connectivity index is 1.91. The number of carboxylic acids is 1. The number of rotatable bonds is 9. The van der Waals surface area contributed by atoms with Crippen LogP contribution in [0.3, 0.4) is 0 Å². The molecule has 4 nitrogen and oxygen atoms in total. The van der Waals surface area contributed by atoms with Crippen LogP contribution < -0.4 is 4.74 Å². The van der Waals surface area contributed by atoms with Crippen molar-refractivity contribution in [3.63, 3.8) is 0 Å². The molecule has 1 atom stereocenters. The Bertz CT molecular complexity index is 1220. The van der Waals surface area contributed by atoms with Gasteiger partial charge in [0.25, 0.3) is 0 Å². The maximum Gasteiger partial charge on any atom is 0.416 e. The van der Waals surface area contributed by atoms with Crippen molar-refractivity contribution in [3.8, 4) is 5.75 Å². The van der Waals surface area contributed by atoms with Gasteiger partial charge in [0.15, 0.2) is 5.78 Å². The first-order chi connectivity index (χ1) is 16.0. The van der Waals surface area contributed by atoms with Gasteiger partial charge in [0.2, 0.25) is 0 Å². The zero-order chi connectivity index (χ0) is 25.1. The van der Waals surface area contributed by atoms with Crippen LogP contribution in [0.25, 0.3) is 10.8 Å². The number of ether oxygens (including phenoxy) is 1. The number of hydrogen-bond donors (Lipinski definition) is 1. The summed E-state index contributed by atoms with van der Waals surface area (Å²) in [6, 6.07) is 12.5. The summed E-state index contributed by atoms with van der Waals surface area (Å²) in [5.41, 5.74) is -2.05. The fraction of sp³-hybridized carbons (Fsp3) is 0.308. The second kappa shape index (κ2) is 9.83. The number of Topliss-reactive ketones (excluding diaryl/α,β-unsaturated/α-hetero) is 1. The smallest absolute Gasteiger partial charge is 0.416 e. The summed E-state index contributed by atoms with van der Waals surface area (Å²) in [7, 11) is 0. The highest BCUT2D eigenvalue weighted by atomic mass is 19.4. The molecule has 0 aliphatic rings. The Hall–Kier alpha value is -3.42. The van der Waals surface area contributed by atoms with Gasteiger partial charge in [-0.05, 0) is 43.4 Å². The van der Waals surface area contributed by atoms with Crippen LogP contribution in [0.1, 0.15) is 54.6 Å². The van der Waals surface area contributed by atoms with Gasteiger partial charge in [-0.1, -0.05) is 43.3 Å². The molecule has 34 heavy (non-hydrogen) atoms. The highest BCUT2D eigenvalue weighted by Gasteiger charge is 2.32. The number of alkyl halides is 3. The molecule has 1 N–H and O–H groups in total. The van der Waals surface area contributed by atoms with Gasteiger partial charge >= 0.3 is 12.1 Å². The van der Waals surface area contributed by atoms with Crippen LogP contribution in [-0.2, 0) is 17.6 Å². The summed E-state index contributed by atoms with van der Waals surface area (Å²) in [5.74, 6) is -2.22. The zero-order valence-corrected chi connectivity index (χ0v) is 18.7. The summed E-state index contributed by atoms with van der Waals surface area (Å²) in [5, 5.41) is 10.8. The lowest BCUT2D eigenvalue weighted by atomic mass is 9.81. The molecule has 0 spiro atoms. The molecular formula is C26H24F4O4. The number of halogens is 4. The van der Waals surface area contributed by atoms with Crippen molar-refractivity contribution < 1.29 is 37.0 Å². The van der Waals surface area contributed by atoms with Crippen molar-refractivity contribution in [2.24, 2.45) is 5.41 Å². The van der Waals surface area contributed by atoms with Crippen molar-refractivity contribution in [3.05, 3.63) is 77.1 Å². The van der Waals surface area contributed by atoms with E-state index in [1.165, 1.54) is 0 Å². The Kier molecular flexibility index (Phi) is 7.29. The molecule has 0 amide bonds. The van der Waals surface area contributed by atoms with Crippen molar-refractivity contribution in [1.82, 2.24) is 0 Å². The van der Waals surface area contributed by atoms with Gasteiger partial charge in [-0.2, -0.15) is 13.2 Å². The third-order valence-electron chi connectivity index (χ3n) is 6.13. The van der Waals surface area contributed by atoms with E-state index in [-0.39, 0.29) is 42.1 Å². The molecule has 0 aromatic heterocycles. The maximum atomic E-state index is 14.3. The Morgan fingerprint density at radius 3 is 2.35 bits per heavy atom. The van der Waals surface area contributed by atoms with Crippen LogP contribution in [0.15, 0.2) is 54.6 Å². The van der Waals surface area contributed by atoms with E-state index in [1.807, 2.05) is 0 Å². The van der Waals surface area contributed by atoms with Crippen molar-refractivity contribution in [2.45, 2.75) is 45.9 Å². The minimum absolute atomic E-state index is 0.0417. The normalized spacial score (nSPS) is 13.5. The summed E-state index contributed by atoms with van der Waals surface area (Å²) in [4.78, 5) is 24.6. The number of aliphatic carboxylic acids is 1. The third-order valence-corrected chi connectivity index (χ3v) is 6.13. The topological polar surface area (TPSA) is 63.6 Å². The Morgan fingerprint density at radius 1 is 1.03 bits per heavy atom. The molecule has 0 heterocycles. The molecule has 8 heteroatoms. The van der Waals surface area contributed by atoms with E-state index in [4.69, 9.17) is 4.74 Å². The molecular weight excluding hydrogens is 452 g/mol. The summed E-state index contributed by atoms with van der Waals surface area (Å²) >= 11 is 0. The molecule has 0 aliphatic heterocycles. The van der Waals surface area contributed by atoms with Crippen LogP contribution >= 0.6 is 0 Å². The summed E-state index contributed by atoms with van der Waals surface area (Å²) in [6.45, 7) is 2.93. The third kappa shape index (κ3) is 5.38. The summed E-state index contributed by atoms with van der Waals surface area (Å²) in [6.07, 6.45) is -4.24. The fourth-order valence-electron chi connectivity index (χ4n) is 3.57. The predicted octanol–water partition coefficient (Wildman–Crippen LogP) is 7.04. The van der Waals surface area contributed by atoms with Crippen LogP contribution in [0, 0.1) is 11.2 Å². The van der Waals surface area contributed by atoms with Crippen molar-refractivity contribution in [2.75, 3.05) is 0 Å². The van der Waals surface area contributed by atoms with Crippen molar-refractivity contribution in [1.29, 1.82) is 0 Å². The molecule has 0 fully saturated rings. The first-order valence-electron chi connectivity index (χ1n) is 10.7. The van der Waals surface area contributed by atoms with Gasteiger partial charge in [-0.3, -0.25) is 9.59 Å². The predicted molar refractivity (Wildman–Crippen MR) is 119 cm³/mol. The number of hydrogen-bond acceptors (Lipinski definition) is 3. The standard InChI is InChI=1S/C26H24F4O4/c1-3-25(2,24(32)33)13-12-22(31)20-11-9-16-6-4-5-7-19(16)23(20)34-15-17-8-10-18(14-21(17)27)26(28,29)30/h4-11,14H,3,12-13,15H2,1-2H3,(H,32,33).